The first-order valence-electron chi connectivity index (χ1n) is 5.79. The summed E-state index contributed by atoms with van der Waals surface area (Å²) in [5.74, 6) is 0.778. The van der Waals surface area contributed by atoms with Crippen molar-refractivity contribution in [1.29, 1.82) is 0 Å². The number of amides is 1. The summed E-state index contributed by atoms with van der Waals surface area (Å²) in [7, 11) is 0. The van der Waals surface area contributed by atoms with E-state index in [1.54, 1.807) is 18.5 Å². The summed E-state index contributed by atoms with van der Waals surface area (Å²) in [5, 5.41) is 10.5. The van der Waals surface area contributed by atoms with E-state index in [9.17, 15) is 4.79 Å². The number of pyridine rings is 1. The van der Waals surface area contributed by atoms with Crippen molar-refractivity contribution in [1.82, 2.24) is 20.5 Å². The Morgan fingerprint density at radius 2 is 2.33 bits per heavy atom. The van der Waals surface area contributed by atoms with Gasteiger partial charge in [0.25, 0.3) is 0 Å². The molecule has 1 amide bonds. The van der Waals surface area contributed by atoms with Crippen LogP contribution in [0.5, 0.6) is 0 Å². The van der Waals surface area contributed by atoms with E-state index >= 15 is 0 Å². The fourth-order valence-electron chi connectivity index (χ4n) is 1.42. The number of nitrogens with zero attached hydrogens (tertiary/aromatic N) is 3. The minimum absolute atomic E-state index is 0.0152. The first-order valence-corrected chi connectivity index (χ1v) is 5.79. The van der Waals surface area contributed by atoms with E-state index in [0.29, 0.717) is 18.2 Å². The third-order valence-electron chi connectivity index (χ3n) is 2.29. The van der Waals surface area contributed by atoms with Crippen LogP contribution in [0, 0.1) is 0 Å². The summed E-state index contributed by atoms with van der Waals surface area (Å²) >= 11 is 0. The van der Waals surface area contributed by atoms with Crippen LogP contribution in [0.15, 0.2) is 28.9 Å². The van der Waals surface area contributed by atoms with Crippen LogP contribution in [-0.4, -0.2) is 21.1 Å². The van der Waals surface area contributed by atoms with Gasteiger partial charge in [-0.25, -0.2) is 0 Å². The van der Waals surface area contributed by atoms with Crippen LogP contribution in [0.2, 0.25) is 0 Å². The third-order valence-corrected chi connectivity index (χ3v) is 2.29. The lowest BCUT2D eigenvalue weighted by Gasteiger charge is -1.99. The summed E-state index contributed by atoms with van der Waals surface area (Å²) in [6.07, 6.45) is 4.64. The van der Waals surface area contributed by atoms with Gasteiger partial charge in [0.15, 0.2) is 0 Å². The fourth-order valence-corrected chi connectivity index (χ4v) is 1.42. The molecular weight excluding hydrogens is 232 g/mol. The molecule has 0 unspecified atom stereocenters. The molecule has 18 heavy (non-hydrogen) atoms. The molecule has 1 N–H and O–H groups in total. The maximum absolute atomic E-state index is 11.3. The smallest absolute Gasteiger partial charge is 0.249 e. The molecule has 0 atom stereocenters. The van der Waals surface area contributed by atoms with E-state index in [0.717, 1.165) is 12.0 Å². The lowest BCUT2D eigenvalue weighted by Crippen LogP contribution is -2.22. The van der Waals surface area contributed by atoms with Gasteiger partial charge in [-0.1, -0.05) is 6.92 Å². The van der Waals surface area contributed by atoms with Crippen LogP contribution < -0.4 is 5.32 Å². The minimum Gasteiger partial charge on any atom is -0.419 e. The Morgan fingerprint density at radius 3 is 3.06 bits per heavy atom. The summed E-state index contributed by atoms with van der Waals surface area (Å²) in [6.45, 7) is 2.21. The van der Waals surface area contributed by atoms with E-state index in [4.69, 9.17) is 4.42 Å². The van der Waals surface area contributed by atoms with Crippen LogP contribution in [0.1, 0.15) is 25.7 Å². The molecule has 2 aromatic heterocycles. The second kappa shape index (κ2) is 5.90. The molecule has 6 heteroatoms. The second-order valence-corrected chi connectivity index (χ2v) is 3.77. The topological polar surface area (TPSA) is 80.9 Å². The summed E-state index contributed by atoms with van der Waals surface area (Å²) in [4.78, 5) is 15.3. The number of hydrogen-bond acceptors (Lipinski definition) is 5. The monoisotopic (exact) mass is 246 g/mol. The number of hydrogen-bond donors (Lipinski definition) is 1. The van der Waals surface area contributed by atoms with Gasteiger partial charge < -0.3 is 9.73 Å². The largest absolute Gasteiger partial charge is 0.419 e. The summed E-state index contributed by atoms with van der Waals surface area (Å²) in [6, 6.07) is 3.63. The van der Waals surface area contributed by atoms with Gasteiger partial charge >= 0.3 is 0 Å². The Hall–Kier alpha value is -2.24. The van der Waals surface area contributed by atoms with E-state index in [1.807, 2.05) is 13.0 Å². The molecule has 2 heterocycles. The predicted octanol–water partition coefficient (Wildman–Crippen LogP) is 1.55. The molecule has 0 fully saturated rings. The van der Waals surface area contributed by atoms with Crippen LogP contribution in [0.3, 0.4) is 0 Å². The van der Waals surface area contributed by atoms with Gasteiger partial charge in [-0.15, -0.1) is 10.2 Å². The van der Waals surface area contributed by atoms with Crippen molar-refractivity contribution < 1.29 is 9.21 Å². The number of carbonyl (C=O) groups is 1. The van der Waals surface area contributed by atoms with Crippen molar-refractivity contribution in [2.75, 3.05) is 0 Å². The molecule has 94 valence electrons. The van der Waals surface area contributed by atoms with E-state index in [2.05, 4.69) is 20.5 Å². The lowest BCUT2D eigenvalue weighted by atomic mass is 10.3. The van der Waals surface area contributed by atoms with Gasteiger partial charge in [-0.2, -0.15) is 0 Å². The lowest BCUT2D eigenvalue weighted by molar-refractivity contribution is -0.121. The highest BCUT2D eigenvalue weighted by atomic mass is 16.4. The molecule has 0 saturated heterocycles. The van der Waals surface area contributed by atoms with E-state index in [1.165, 1.54) is 0 Å². The molecule has 6 nitrogen and oxygen atoms in total. The molecule has 0 spiro atoms. The maximum Gasteiger partial charge on any atom is 0.249 e. The van der Waals surface area contributed by atoms with Gasteiger partial charge in [0.2, 0.25) is 17.7 Å². The Kier molecular flexibility index (Phi) is 4.01. The highest BCUT2D eigenvalue weighted by Gasteiger charge is 2.09. The Morgan fingerprint density at radius 1 is 1.44 bits per heavy atom. The Balaban J connectivity index is 1.97. The molecule has 2 aromatic rings. The van der Waals surface area contributed by atoms with E-state index in [-0.39, 0.29) is 12.5 Å². The standard InChI is InChI=1S/C12H14N4O2/c1-2-4-10(17)14-8-11-15-16-12(18-11)9-5-3-6-13-7-9/h3,5-7H,2,4,8H2,1H3,(H,14,17). The van der Waals surface area contributed by atoms with Crippen LogP contribution in [0.25, 0.3) is 11.5 Å². The predicted molar refractivity (Wildman–Crippen MR) is 64.3 cm³/mol. The summed E-state index contributed by atoms with van der Waals surface area (Å²) < 4.78 is 5.42. The Labute approximate surface area is 104 Å². The van der Waals surface area contributed by atoms with Gasteiger partial charge in [0.05, 0.1) is 12.1 Å². The molecule has 0 saturated carbocycles. The van der Waals surface area contributed by atoms with Crippen LogP contribution in [-0.2, 0) is 11.3 Å². The second-order valence-electron chi connectivity index (χ2n) is 3.77. The van der Waals surface area contributed by atoms with Crippen molar-refractivity contribution in [2.45, 2.75) is 26.3 Å². The van der Waals surface area contributed by atoms with Crippen molar-refractivity contribution in [2.24, 2.45) is 0 Å². The van der Waals surface area contributed by atoms with Crippen molar-refractivity contribution >= 4 is 5.91 Å². The van der Waals surface area contributed by atoms with Gasteiger partial charge in [-0.05, 0) is 18.6 Å². The SMILES string of the molecule is CCCC(=O)NCc1nnc(-c2cccnc2)o1. The van der Waals surface area contributed by atoms with Gasteiger partial charge in [0, 0.05) is 18.8 Å². The van der Waals surface area contributed by atoms with Crippen LogP contribution >= 0.6 is 0 Å². The van der Waals surface area contributed by atoms with Crippen molar-refractivity contribution in [3.8, 4) is 11.5 Å². The highest BCUT2D eigenvalue weighted by molar-refractivity contribution is 5.75. The fraction of sp³-hybridized carbons (Fsp3) is 0.333. The molecular formula is C12H14N4O2. The molecule has 0 aliphatic carbocycles. The maximum atomic E-state index is 11.3. The average molecular weight is 246 g/mol. The minimum atomic E-state index is -0.0152. The average Bonchev–Trinajstić information content (AvgIpc) is 2.87. The van der Waals surface area contributed by atoms with Crippen molar-refractivity contribution in [3.05, 3.63) is 30.4 Å². The number of carbonyl (C=O) groups excluding carboxylic acids is 1. The zero-order valence-electron chi connectivity index (χ0n) is 10.1. The highest BCUT2D eigenvalue weighted by Crippen LogP contribution is 2.15. The number of aromatic nitrogens is 3. The molecule has 0 radical (unpaired) electrons. The number of rotatable bonds is 5. The first kappa shape index (κ1) is 12.2. The van der Waals surface area contributed by atoms with Crippen molar-refractivity contribution in [3.63, 3.8) is 0 Å². The van der Waals surface area contributed by atoms with Gasteiger partial charge in [0.1, 0.15) is 0 Å². The molecule has 2 rings (SSSR count). The normalized spacial score (nSPS) is 10.3. The Bertz CT molecular complexity index is 510. The zero-order chi connectivity index (χ0) is 12.8. The molecule has 0 aliphatic heterocycles. The summed E-state index contributed by atoms with van der Waals surface area (Å²) in [5.41, 5.74) is 0.760. The first-order chi connectivity index (χ1) is 8.79. The molecule has 0 aromatic carbocycles. The zero-order valence-corrected chi connectivity index (χ0v) is 10.1. The van der Waals surface area contributed by atoms with E-state index < -0.39 is 0 Å². The third kappa shape index (κ3) is 3.13. The van der Waals surface area contributed by atoms with Crippen LogP contribution in [0.4, 0.5) is 0 Å². The van der Waals surface area contributed by atoms with Gasteiger partial charge in [-0.3, -0.25) is 9.78 Å². The molecule has 0 bridgehead atoms. The molecule has 0 aliphatic rings. The quantitative estimate of drug-likeness (QED) is 0.865. The number of nitrogens with one attached hydrogen (secondary N) is 1.